The van der Waals surface area contributed by atoms with Crippen LogP contribution in [0.25, 0.3) is 11.1 Å². The number of alkyl halides is 3. The van der Waals surface area contributed by atoms with E-state index < -0.39 is 11.9 Å². The average molecular weight is 364 g/mol. The van der Waals surface area contributed by atoms with Gasteiger partial charge in [-0.2, -0.15) is 13.2 Å². The van der Waals surface area contributed by atoms with Crippen molar-refractivity contribution in [3.63, 3.8) is 0 Å². The fourth-order valence-electron chi connectivity index (χ4n) is 3.23. The minimum Gasteiger partial charge on any atom is -0.368 e. The number of hydrogen-bond donors (Lipinski definition) is 1. The van der Waals surface area contributed by atoms with Crippen LogP contribution in [0.15, 0.2) is 30.6 Å². The number of likely N-dealkylation sites (tertiary alicyclic amines) is 1. The van der Waals surface area contributed by atoms with Gasteiger partial charge in [0.05, 0.1) is 11.7 Å². The van der Waals surface area contributed by atoms with Crippen LogP contribution >= 0.6 is 0 Å². The maximum Gasteiger partial charge on any atom is 0.433 e. The van der Waals surface area contributed by atoms with Gasteiger partial charge in [0.1, 0.15) is 5.69 Å². The fourth-order valence-corrected chi connectivity index (χ4v) is 3.23. The highest BCUT2D eigenvalue weighted by molar-refractivity contribution is 5.80. The lowest BCUT2D eigenvalue weighted by Gasteiger charge is -2.21. The van der Waals surface area contributed by atoms with E-state index in [1.807, 2.05) is 17.9 Å². The number of primary amides is 1. The number of aromatic nitrogens is 2. The van der Waals surface area contributed by atoms with Crippen LogP contribution in [0.1, 0.15) is 29.8 Å². The van der Waals surface area contributed by atoms with Gasteiger partial charge in [-0.15, -0.1) is 0 Å². The van der Waals surface area contributed by atoms with E-state index in [9.17, 15) is 18.0 Å². The van der Waals surface area contributed by atoms with Gasteiger partial charge in [0.15, 0.2) is 0 Å². The number of carbonyl (C=O) groups is 1. The topological polar surface area (TPSA) is 72.1 Å². The fraction of sp³-hybridized carbons (Fsp3) is 0.389. The van der Waals surface area contributed by atoms with Crippen molar-refractivity contribution >= 4 is 5.91 Å². The molecule has 3 rings (SSSR count). The first-order chi connectivity index (χ1) is 12.3. The molecule has 0 saturated carbocycles. The van der Waals surface area contributed by atoms with Crippen LogP contribution in [0.5, 0.6) is 0 Å². The van der Waals surface area contributed by atoms with E-state index >= 15 is 0 Å². The van der Waals surface area contributed by atoms with Gasteiger partial charge in [-0.05, 0) is 49.6 Å². The Morgan fingerprint density at radius 3 is 2.69 bits per heavy atom. The van der Waals surface area contributed by atoms with Gasteiger partial charge < -0.3 is 5.73 Å². The van der Waals surface area contributed by atoms with E-state index in [0.29, 0.717) is 12.1 Å². The Morgan fingerprint density at radius 1 is 1.31 bits per heavy atom. The third-order valence-electron chi connectivity index (χ3n) is 4.58. The normalized spacial score (nSPS) is 18.2. The van der Waals surface area contributed by atoms with Crippen molar-refractivity contribution < 1.29 is 18.0 Å². The summed E-state index contributed by atoms with van der Waals surface area (Å²) in [5.74, 6) is -0.346. The van der Waals surface area contributed by atoms with Crippen LogP contribution in [-0.2, 0) is 17.5 Å². The van der Waals surface area contributed by atoms with Gasteiger partial charge in [0, 0.05) is 24.5 Å². The maximum atomic E-state index is 12.7. The summed E-state index contributed by atoms with van der Waals surface area (Å²) in [7, 11) is 0. The van der Waals surface area contributed by atoms with E-state index in [0.717, 1.165) is 42.3 Å². The first kappa shape index (κ1) is 18.3. The van der Waals surface area contributed by atoms with Crippen molar-refractivity contribution in [2.45, 2.75) is 38.5 Å². The van der Waals surface area contributed by atoms with E-state index in [4.69, 9.17) is 5.73 Å². The summed E-state index contributed by atoms with van der Waals surface area (Å²) in [6.45, 7) is 3.07. The molecule has 1 atom stereocenters. The molecule has 3 heterocycles. The molecule has 1 aliphatic heterocycles. The highest BCUT2D eigenvalue weighted by Gasteiger charge is 2.32. The molecule has 0 aliphatic carbocycles. The van der Waals surface area contributed by atoms with Crippen molar-refractivity contribution in [3.8, 4) is 11.1 Å². The third-order valence-corrected chi connectivity index (χ3v) is 4.58. The lowest BCUT2D eigenvalue weighted by atomic mass is 10.0. The predicted molar refractivity (Wildman–Crippen MR) is 89.8 cm³/mol. The number of aryl methyl sites for hydroxylation is 1. The number of halogens is 3. The molecule has 1 amide bonds. The Morgan fingerprint density at radius 2 is 2.08 bits per heavy atom. The van der Waals surface area contributed by atoms with Gasteiger partial charge in [-0.25, -0.2) is 0 Å². The molecule has 26 heavy (non-hydrogen) atoms. The van der Waals surface area contributed by atoms with Crippen LogP contribution in [-0.4, -0.2) is 33.4 Å². The zero-order valence-electron chi connectivity index (χ0n) is 14.3. The summed E-state index contributed by atoms with van der Waals surface area (Å²) in [6.07, 6.45) is 0.0667. The molecule has 138 valence electrons. The summed E-state index contributed by atoms with van der Waals surface area (Å²) >= 11 is 0. The molecule has 2 N–H and O–H groups in total. The van der Waals surface area contributed by atoms with Crippen molar-refractivity contribution in [1.82, 2.24) is 14.9 Å². The molecule has 0 spiro atoms. The van der Waals surface area contributed by atoms with Crippen molar-refractivity contribution in [2.24, 2.45) is 5.73 Å². The van der Waals surface area contributed by atoms with Crippen LogP contribution in [0.4, 0.5) is 13.2 Å². The standard InChI is InChI=1S/C18H19F3N4O/c1-11-8-23-13(10-25-6-2-3-15(25)17(22)26)7-14(11)12-4-5-16(24-9-12)18(19,20)21/h4-5,7-9,15H,2-3,6,10H2,1H3,(H2,22,26). The number of nitrogens with two attached hydrogens (primary N) is 1. The number of hydrogen-bond acceptors (Lipinski definition) is 4. The monoisotopic (exact) mass is 364 g/mol. The molecular formula is C18H19F3N4O. The van der Waals surface area contributed by atoms with E-state index in [-0.39, 0.29) is 11.9 Å². The third kappa shape index (κ3) is 3.85. The molecule has 2 aromatic rings. The second-order valence-corrected chi connectivity index (χ2v) is 6.45. The summed E-state index contributed by atoms with van der Waals surface area (Å²) in [5.41, 5.74) is 7.44. The molecule has 0 aromatic carbocycles. The molecule has 0 radical (unpaired) electrons. The number of nitrogens with zero attached hydrogens (tertiary/aromatic N) is 3. The number of pyridine rings is 2. The van der Waals surface area contributed by atoms with Gasteiger partial charge in [0.25, 0.3) is 0 Å². The summed E-state index contributed by atoms with van der Waals surface area (Å²) < 4.78 is 38.0. The zero-order chi connectivity index (χ0) is 18.9. The highest BCUT2D eigenvalue weighted by atomic mass is 19.4. The van der Waals surface area contributed by atoms with Crippen LogP contribution in [0.2, 0.25) is 0 Å². The van der Waals surface area contributed by atoms with Crippen molar-refractivity contribution in [1.29, 1.82) is 0 Å². The van der Waals surface area contributed by atoms with Gasteiger partial charge in [-0.1, -0.05) is 6.07 Å². The van der Waals surface area contributed by atoms with Gasteiger partial charge in [0.2, 0.25) is 5.91 Å². The lowest BCUT2D eigenvalue weighted by Crippen LogP contribution is -2.39. The molecule has 2 aromatic heterocycles. The van der Waals surface area contributed by atoms with Crippen LogP contribution in [0, 0.1) is 6.92 Å². The predicted octanol–water partition coefficient (Wildman–Crippen LogP) is 2.92. The Labute approximate surface area is 149 Å². The van der Waals surface area contributed by atoms with Gasteiger partial charge in [-0.3, -0.25) is 19.7 Å². The molecule has 1 aliphatic rings. The quantitative estimate of drug-likeness (QED) is 0.905. The van der Waals surface area contributed by atoms with Crippen molar-refractivity contribution in [3.05, 3.63) is 47.5 Å². The maximum absolute atomic E-state index is 12.7. The lowest BCUT2D eigenvalue weighted by molar-refractivity contribution is -0.141. The van der Waals surface area contributed by atoms with Crippen molar-refractivity contribution in [2.75, 3.05) is 6.54 Å². The van der Waals surface area contributed by atoms with Crippen LogP contribution < -0.4 is 5.73 Å². The molecule has 0 bridgehead atoms. The second-order valence-electron chi connectivity index (χ2n) is 6.45. The van der Waals surface area contributed by atoms with Crippen LogP contribution in [0.3, 0.4) is 0 Å². The summed E-state index contributed by atoms with van der Waals surface area (Å²) in [5, 5.41) is 0. The minimum atomic E-state index is -4.46. The molecule has 1 unspecified atom stereocenters. The van der Waals surface area contributed by atoms with E-state index in [1.165, 1.54) is 12.3 Å². The second kappa shape index (κ2) is 7.03. The Hall–Kier alpha value is -2.48. The van der Waals surface area contributed by atoms with Gasteiger partial charge >= 0.3 is 6.18 Å². The average Bonchev–Trinajstić information content (AvgIpc) is 3.04. The number of amides is 1. The number of rotatable bonds is 4. The molecule has 8 heteroatoms. The Kier molecular flexibility index (Phi) is 4.95. The smallest absolute Gasteiger partial charge is 0.368 e. The molecule has 1 fully saturated rings. The Balaban J connectivity index is 1.85. The first-order valence-corrected chi connectivity index (χ1v) is 8.28. The SMILES string of the molecule is Cc1cnc(CN2CCCC2C(N)=O)cc1-c1ccc(C(F)(F)F)nc1. The largest absolute Gasteiger partial charge is 0.433 e. The summed E-state index contributed by atoms with van der Waals surface area (Å²) in [6, 6.07) is 3.91. The first-order valence-electron chi connectivity index (χ1n) is 8.28. The van der Waals surface area contributed by atoms with E-state index in [1.54, 1.807) is 6.20 Å². The summed E-state index contributed by atoms with van der Waals surface area (Å²) in [4.78, 5) is 21.4. The highest BCUT2D eigenvalue weighted by Crippen LogP contribution is 2.30. The van der Waals surface area contributed by atoms with E-state index in [2.05, 4.69) is 9.97 Å². The zero-order valence-corrected chi connectivity index (χ0v) is 14.3. The molecular weight excluding hydrogens is 345 g/mol. The molecule has 5 nitrogen and oxygen atoms in total. The number of carbonyl (C=O) groups excluding carboxylic acids is 1. The minimum absolute atomic E-state index is 0.297. The molecule has 1 saturated heterocycles. The Bertz CT molecular complexity index is 805.